The molecular weight excluding hydrogens is 150 g/mol. The largest absolute Gasteiger partial charge is 0.349 e. The van der Waals surface area contributed by atoms with Crippen molar-refractivity contribution < 1.29 is 0 Å². The topological polar surface area (TPSA) is 40.7 Å². The first-order chi connectivity index (χ1) is 5.95. The second-order valence-electron chi connectivity index (χ2n) is 3.37. The lowest BCUT2D eigenvalue weighted by Crippen LogP contribution is -2.21. The maximum absolute atomic E-state index is 4.19. The van der Waals surface area contributed by atoms with Gasteiger partial charge in [-0.15, -0.1) is 0 Å². The Balaban J connectivity index is 1.74. The zero-order valence-corrected chi connectivity index (χ0v) is 7.21. The smallest absolute Gasteiger partial charge is 0.106 e. The van der Waals surface area contributed by atoms with E-state index in [1.807, 2.05) is 12.4 Å². The average Bonchev–Trinajstić information content (AvgIpc) is 2.74. The number of aryl methyl sites for hydroxylation is 1. The fraction of sp³-hybridized carbons (Fsp3) is 0.667. The van der Waals surface area contributed by atoms with Gasteiger partial charge in [0.1, 0.15) is 5.82 Å². The van der Waals surface area contributed by atoms with E-state index in [0.717, 1.165) is 18.3 Å². The molecule has 0 amide bonds. The van der Waals surface area contributed by atoms with Gasteiger partial charge in [-0.1, -0.05) is 0 Å². The van der Waals surface area contributed by atoms with Crippen molar-refractivity contribution in [3.05, 3.63) is 18.2 Å². The van der Waals surface area contributed by atoms with Crippen LogP contribution in [0.15, 0.2) is 12.4 Å². The van der Waals surface area contributed by atoms with Crippen LogP contribution in [0, 0.1) is 0 Å². The van der Waals surface area contributed by atoms with Gasteiger partial charge in [-0.25, -0.2) is 4.98 Å². The highest BCUT2D eigenvalue weighted by molar-refractivity contribution is 4.89. The highest BCUT2D eigenvalue weighted by Gasteiger charge is 2.13. The average molecular weight is 165 g/mol. The van der Waals surface area contributed by atoms with Crippen LogP contribution in [-0.2, 0) is 6.42 Å². The Hall–Kier alpha value is -0.830. The van der Waals surface area contributed by atoms with Crippen molar-refractivity contribution in [2.45, 2.75) is 31.7 Å². The molecule has 0 saturated carbocycles. The van der Waals surface area contributed by atoms with Crippen molar-refractivity contribution >= 4 is 0 Å². The van der Waals surface area contributed by atoms with Gasteiger partial charge in [-0.2, -0.15) is 0 Å². The molecule has 0 bridgehead atoms. The molecule has 0 radical (unpaired) electrons. The monoisotopic (exact) mass is 165 g/mol. The van der Waals surface area contributed by atoms with Crippen LogP contribution in [0.4, 0.5) is 0 Å². The molecule has 1 aromatic heterocycles. The molecule has 2 rings (SSSR count). The predicted molar refractivity (Wildman–Crippen MR) is 47.9 cm³/mol. The molecule has 1 fully saturated rings. The summed E-state index contributed by atoms with van der Waals surface area (Å²) < 4.78 is 0. The van der Waals surface area contributed by atoms with Gasteiger partial charge in [0.25, 0.3) is 0 Å². The first-order valence-electron chi connectivity index (χ1n) is 4.67. The lowest BCUT2D eigenvalue weighted by Gasteiger charge is -2.07. The Morgan fingerprint density at radius 1 is 1.58 bits per heavy atom. The van der Waals surface area contributed by atoms with Crippen molar-refractivity contribution in [2.24, 2.45) is 0 Å². The first kappa shape index (κ1) is 7.80. The Morgan fingerprint density at radius 2 is 2.58 bits per heavy atom. The second-order valence-corrected chi connectivity index (χ2v) is 3.37. The minimum Gasteiger partial charge on any atom is -0.349 e. The Morgan fingerprint density at radius 3 is 3.25 bits per heavy atom. The molecular formula is C9H15N3. The number of hydrogen-bond acceptors (Lipinski definition) is 2. The standard InChI is InChI=1S/C9H15N3/c1-2-8(10-5-1)3-4-9-11-6-7-12-9/h6-8,10H,1-5H2,(H,11,12). The van der Waals surface area contributed by atoms with Crippen LogP contribution in [0.5, 0.6) is 0 Å². The summed E-state index contributed by atoms with van der Waals surface area (Å²) in [5.41, 5.74) is 0. The Bertz CT molecular complexity index is 212. The quantitative estimate of drug-likeness (QED) is 0.704. The molecule has 1 atom stereocenters. The minimum absolute atomic E-state index is 0.732. The van der Waals surface area contributed by atoms with E-state index in [0.29, 0.717) is 0 Å². The maximum atomic E-state index is 4.19. The van der Waals surface area contributed by atoms with E-state index >= 15 is 0 Å². The lowest BCUT2D eigenvalue weighted by molar-refractivity contribution is 0.552. The number of imidazole rings is 1. The summed E-state index contributed by atoms with van der Waals surface area (Å²) in [6.45, 7) is 1.20. The van der Waals surface area contributed by atoms with Gasteiger partial charge in [-0.05, 0) is 25.8 Å². The number of nitrogens with one attached hydrogen (secondary N) is 2. The molecule has 1 aliphatic heterocycles. The minimum atomic E-state index is 0.732. The zero-order valence-electron chi connectivity index (χ0n) is 7.21. The number of H-pyrrole nitrogens is 1. The van der Waals surface area contributed by atoms with E-state index in [1.165, 1.54) is 25.8 Å². The Labute approximate surface area is 72.6 Å². The van der Waals surface area contributed by atoms with Crippen LogP contribution in [0.1, 0.15) is 25.1 Å². The fourth-order valence-corrected chi connectivity index (χ4v) is 1.75. The fourth-order valence-electron chi connectivity index (χ4n) is 1.75. The van der Waals surface area contributed by atoms with Crippen molar-refractivity contribution in [1.82, 2.24) is 15.3 Å². The summed E-state index contributed by atoms with van der Waals surface area (Å²) >= 11 is 0. The molecule has 3 nitrogen and oxygen atoms in total. The van der Waals surface area contributed by atoms with E-state index in [2.05, 4.69) is 15.3 Å². The molecule has 12 heavy (non-hydrogen) atoms. The summed E-state index contributed by atoms with van der Waals surface area (Å²) in [6, 6.07) is 0.732. The van der Waals surface area contributed by atoms with Gasteiger partial charge in [0.05, 0.1) is 0 Å². The molecule has 1 aliphatic rings. The molecule has 1 unspecified atom stereocenters. The van der Waals surface area contributed by atoms with Gasteiger partial charge >= 0.3 is 0 Å². The van der Waals surface area contributed by atoms with E-state index in [-0.39, 0.29) is 0 Å². The molecule has 0 aromatic carbocycles. The summed E-state index contributed by atoms with van der Waals surface area (Å²) in [7, 11) is 0. The van der Waals surface area contributed by atoms with Crippen LogP contribution in [0.25, 0.3) is 0 Å². The van der Waals surface area contributed by atoms with Gasteiger partial charge in [0.2, 0.25) is 0 Å². The Kier molecular flexibility index (Phi) is 2.42. The summed E-state index contributed by atoms with van der Waals surface area (Å²) in [5, 5.41) is 3.48. The third-order valence-electron chi connectivity index (χ3n) is 2.45. The highest BCUT2D eigenvalue weighted by atomic mass is 14.9. The normalized spacial score (nSPS) is 23.2. The van der Waals surface area contributed by atoms with E-state index in [1.54, 1.807) is 0 Å². The summed E-state index contributed by atoms with van der Waals surface area (Å²) in [5.74, 6) is 1.11. The zero-order chi connectivity index (χ0) is 8.23. The predicted octanol–water partition coefficient (Wildman–Crippen LogP) is 1.09. The van der Waals surface area contributed by atoms with Crippen LogP contribution in [-0.4, -0.2) is 22.6 Å². The van der Waals surface area contributed by atoms with Crippen LogP contribution >= 0.6 is 0 Å². The number of nitrogens with zero attached hydrogens (tertiary/aromatic N) is 1. The van der Waals surface area contributed by atoms with Crippen LogP contribution in [0.2, 0.25) is 0 Å². The van der Waals surface area contributed by atoms with Gasteiger partial charge in [-0.3, -0.25) is 0 Å². The molecule has 2 heterocycles. The van der Waals surface area contributed by atoms with Crippen molar-refractivity contribution in [1.29, 1.82) is 0 Å². The van der Waals surface area contributed by atoms with Crippen molar-refractivity contribution in [3.63, 3.8) is 0 Å². The molecule has 66 valence electrons. The van der Waals surface area contributed by atoms with Crippen molar-refractivity contribution in [3.8, 4) is 0 Å². The number of aromatic amines is 1. The molecule has 0 spiro atoms. The first-order valence-corrected chi connectivity index (χ1v) is 4.67. The van der Waals surface area contributed by atoms with Gasteiger partial charge in [0, 0.05) is 24.9 Å². The van der Waals surface area contributed by atoms with E-state index in [4.69, 9.17) is 0 Å². The molecule has 1 aromatic rings. The third-order valence-corrected chi connectivity index (χ3v) is 2.45. The number of rotatable bonds is 3. The van der Waals surface area contributed by atoms with Gasteiger partial charge in [0.15, 0.2) is 0 Å². The molecule has 3 heteroatoms. The maximum Gasteiger partial charge on any atom is 0.106 e. The van der Waals surface area contributed by atoms with Crippen LogP contribution in [0.3, 0.4) is 0 Å². The summed E-state index contributed by atoms with van der Waals surface area (Å²) in [6.07, 6.45) is 8.66. The van der Waals surface area contributed by atoms with E-state index < -0.39 is 0 Å². The number of aromatic nitrogens is 2. The SMILES string of the molecule is c1c[nH]c(CCC2CCCN2)n1. The van der Waals surface area contributed by atoms with Crippen molar-refractivity contribution in [2.75, 3.05) is 6.54 Å². The molecule has 0 aliphatic carbocycles. The molecule has 2 N–H and O–H groups in total. The van der Waals surface area contributed by atoms with Crippen LogP contribution < -0.4 is 5.32 Å². The summed E-state index contributed by atoms with van der Waals surface area (Å²) in [4.78, 5) is 7.32. The number of hydrogen-bond donors (Lipinski definition) is 2. The molecule has 1 saturated heterocycles. The highest BCUT2D eigenvalue weighted by Crippen LogP contribution is 2.10. The third kappa shape index (κ3) is 1.85. The second kappa shape index (κ2) is 3.72. The van der Waals surface area contributed by atoms with Gasteiger partial charge < -0.3 is 10.3 Å². The lowest BCUT2D eigenvalue weighted by atomic mass is 10.1. The van der Waals surface area contributed by atoms with E-state index in [9.17, 15) is 0 Å².